The second-order valence-electron chi connectivity index (χ2n) is 4.38. The van der Waals surface area contributed by atoms with E-state index >= 15 is 0 Å². The first-order valence-corrected chi connectivity index (χ1v) is 7.25. The number of carbonyl (C=O) groups is 1. The van der Waals surface area contributed by atoms with Crippen LogP contribution in [0, 0.1) is 0 Å². The molecule has 2 rings (SSSR count). The molecule has 0 radical (unpaired) electrons. The van der Waals surface area contributed by atoms with Crippen molar-refractivity contribution >= 4 is 28.3 Å². The van der Waals surface area contributed by atoms with Crippen molar-refractivity contribution in [3.63, 3.8) is 0 Å². The molecule has 0 unspecified atom stereocenters. The number of thiazole rings is 1. The molecule has 0 aliphatic rings. The fourth-order valence-corrected chi connectivity index (χ4v) is 2.42. The monoisotopic (exact) mass is 303 g/mol. The molecule has 6 nitrogen and oxygen atoms in total. The van der Waals surface area contributed by atoms with Gasteiger partial charge in [0.15, 0.2) is 11.1 Å². The average Bonchev–Trinajstić information content (AvgIpc) is 2.94. The zero-order valence-corrected chi connectivity index (χ0v) is 12.7. The predicted octanol–water partition coefficient (Wildman–Crippen LogP) is 1.80. The number of hydrogen-bond donors (Lipinski definition) is 3. The van der Waals surface area contributed by atoms with E-state index in [9.17, 15) is 4.79 Å². The maximum Gasteiger partial charge on any atom is 0.217 e. The van der Waals surface area contributed by atoms with Crippen LogP contribution in [-0.2, 0) is 11.3 Å². The van der Waals surface area contributed by atoms with Crippen LogP contribution in [-0.4, -0.2) is 23.9 Å². The Hall–Kier alpha value is -2.41. The largest absolute Gasteiger partial charge is 0.370 e. The zero-order valence-electron chi connectivity index (χ0n) is 11.9. The predicted molar refractivity (Wildman–Crippen MR) is 86.2 cm³/mol. The maximum absolute atomic E-state index is 11.0. The number of nitrogens with two attached hydrogens (primary N) is 1. The normalized spacial score (nSPS) is 11.2. The van der Waals surface area contributed by atoms with Crippen molar-refractivity contribution in [3.05, 3.63) is 35.2 Å². The Bertz CT molecular complexity index is 665. The number of anilines is 1. The number of aromatic nitrogens is 1. The third kappa shape index (κ3) is 4.28. The minimum atomic E-state index is -0.0464. The van der Waals surface area contributed by atoms with Gasteiger partial charge < -0.3 is 16.4 Å². The minimum absolute atomic E-state index is 0.0464. The van der Waals surface area contributed by atoms with Gasteiger partial charge in [-0.25, -0.2) is 4.98 Å². The Balaban J connectivity index is 2.14. The molecule has 4 N–H and O–H groups in total. The third-order valence-electron chi connectivity index (χ3n) is 2.74. The molecule has 0 saturated heterocycles. The number of nitrogens with zero attached hydrogens (tertiary/aromatic N) is 2. The van der Waals surface area contributed by atoms with E-state index in [0.29, 0.717) is 17.6 Å². The van der Waals surface area contributed by atoms with Gasteiger partial charge in [0.25, 0.3) is 0 Å². The topological polar surface area (TPSA) is 92.4 Å². The van der Waals surface area contributed by atoms with E-state index in [1.165, 1.54) is 18.3 Å². The fraction of sp³-hybridized carbons (Fsp3) is 0.214. The molecule has 0 bridgehead atoms. The number of rotatable bonds is 4. The quantitative estimate of drug-likeness (QED) is 0.593. The van der Waals surface area contributed by atoms with Gasteiger partial charge in [0.1, 0.15) is 0 Å². The highest BCUT2D eigenvalue weighted by molar-refractivity contribution is 7.14. The fourth-order valence-electron chi connectivity index (χ4n) is 1.70. The Morgan fingerprint density at radius 3 is 3.00 bits per heavy atom. The van der Waals surface area contributed by atoms with Crippen molar-refractivity contribution in [2.75, 3.05) is 12.4 Å². The first-order chi connectivity index (χ1) is 10.1. The summed E-state index contributed by atoms with van der Waals surface area (Å²) < 4.78 is 0. The molecule has 0 fully saturated rings. The van der Waals surface area contributed by atoms with E-state index in [-0.39, 0.29) is 5.91 Å². The van der Waals surface area contributed by atoms with Crippen molar-refractivity contribution in [1.82, 2.24) is 10.3 Å². The summed E-state index contributed by atoms with van der Waals surface area (Å²) in [5, 5.41) is 8.33. The van der Waals surface area contributed by atoms with E-state index in [0.717, 1.165) is 16.8 Å². The summed E-state index contributed by atoms with van der Waals surface area (Å²) in [6, 6.07) is 7.90. The van der Waals surface area contributed by atoms with E-state index in [2.05, 4.69) is 20.6 Å². The van der Waals surface area contributed by atoms with E-state index in [1.807, 2.05) is 29.6 Å². The number of hydrogen-bond acceptors (Lipinski definition) is 4. The van der Waals surface area contributed by atoms with Crippen LogP contribution in [0.25, 0.3) is 11.3 Å². The summed E-state index contributed by atoms with van der Waals surface area (Å²) in [6.07, 6.45) is 0. The first kappa shape index (κ1) is 15.0. The molecule has 0 saturated carbocycles. The second kappa shape index (κ2) is 6.85. The van der Waals surface area contributed by atoms with Gasteiger partial charge in [-0.1, -0.05) is 18.2 Å². The lowest BCUT2D eigenvalue weighted by Crippen LogP contribution is -2.21. The summed E-state index contributed by atoms with van der Waals surface area (Å²) in [6.45, 7) is 2.01. The summed E-state index contributed by atoms with van der Waals surface area (Å²) in [5.74, 6) is 0.283. The first-order valence-electron chi connectivity index (χ1n) is 6.37. The molecule has 0 aliphatic heterocycles. The standard InChI is InChI=1S/C14H17N5OS/c1-9(20)17-7-10-4-3-5-11(6-10)12-8-21-14(18-12)19-13(15)16-2/h3-6,8H,7H2,1-2H3,(H,17,20)(H3,15,16,18,19). The van der Waals surface area contributed by atoms with E-state index < -0.39 is 0 Å². The minimum Gasteiger partial charge on any atom is -0.370 e. The molecule has 1 aromatic heterocycles. The second-order valence-corrected chi connectivity index (χ2v) is 5.24. The molecule has 110 valence electrons. The van der Waals surface area contributed by atoms with Crippen LogP contribution >= 0.6 is 11.3 Å². The van der Waals surface area contributed by atoms with Crippen LogP contribution in [0.1, 0.15) is 12.5 Å². The number of guanidine groups is 1. The molecule has 1 amide bonds. The zero-order chi connectivity index (χ0) is 15.2. The molecule has 7 heteroatoms. The van der Waals surface area contributed by atoms with Crippen molar-refractivity contribution in [2.45, 2.75) is 13.5 Å². The van der Waals surface area contributed by atoms with Gasteiger partial charge in [-0.15, -0.1) is 11.3 Å². The number of benzene rings is 1. The molecule has 0 spiro atoms. The molecular formula is C14H17N5OS. The van der Waals surface area contributed by atoms with Gasteiger partial charge in [-0.05, 0) is 11.6 Å². The van der Waals surface area contributed by atoms with Gasteiger partial charge in [-0.3, -0.25) is 9.79 Å². The lowest BCUT2D eigenvalue weighted by Gasteiger charge is -2.04. The van der Waals surface area contributed by atoms with Gasteiger partial charge in [-0.2, -0.15) is 0 Å². The highest BCUT2D eigenvalue weighted by atomic mass is 32.1. The van der Waals surface area contributed by atoms with Crippen LogP contribution in [0.2, 0.25) is 0 Å². The molecule has 1 aromatic carbocycles. The average molecular weight is 303 g/mol. The van der Waals surface area contributed by atoms with Crippen LogP contribution in [0.15, 0.2) is 34.6 Å². The smallest absolute Gasteiger partial charge is 0.217 e. The van der Waals surface area contributed by atoms with Gasteiger partial charge in [0.05, 0.1) is 5.69 Å². The van der Waals surface area contributed by atoms with Gasteiger partial charge in [0.2, 0.25) is 5.91 Å². The Kier molecular flexibility index (Phi) is 4.89. The Labute approximate surface area is 127 Å². The molecule has 1 heterocycles. The Morgan fingerprint density at radius 1 is 1.48 bits per heavy atom. The highest BCUT2D eigenvalue weighted by Crippen LogP contribution is 2.25. The number of amides is 1. The summed E-state index contributed by atoms with van der Waals surface area (Å²) in [5.41, 5.74) is 8.49. The molecule has 0 aliphatic carbocycles. The van der Waals surface area contributed by atoms with Crippen molar-refractivity contribution < 1.29 is 4.79 Å². The maximum atomic E-state index is 11.0. The SMILES string of the molecule is CN=C(N)Nc1nc(-c2cccc(CNC(C)=O)c2)cs1. The number of carbonyl (C=O) groups excluding carboxylic acids is 1. The van der Waals surface area contributed by atoms with Crippen molar-refractivity contribution in [1.29, 1.82) is 0 Å². The number of nitrogens with one attached hydrogen (secondary N) is 2. The summed E-state index contributed by atoms with van der Waals surface area (Å²) in [7, 11) is 1.61. The van der Waals surface area contributed by atoms with Crippen LogP contribution in [0.3, 0.4) is 0 Å². The van der Waals surface area contributed by atoms with Crippen LogP contribution in [0.5, 0.6) is 0 Å². The summed E-state index contributed by atoms with van der Waals surface area (Å²) >= 11 is 1.46. The number of aliphatic imine (C=N–C) groups is 1. The summed E-state index contributed by atoms with van der Waals surface area (Å²) in [4.78, 5) is 19.2. The molecule has 21 heavy (non-hydrogen) atoms. The van der Waals surface area contributed by atoms with Gasteiger partial charge >= 0.3 is 0 Å². The van der Waals surface area contributed by atoms with Gasteiger partial charge in [0, 0.05) is 31.5 Å². The molecule has 2 aromatic rings. The van der Waals surface area contributed by atoms with E-state index in [4.69, 9.17) is 5.73 Å². The molecule has 0 atom stereocenters. The lowest BCUT2D eigenvalue weighted by atomic mass is 10.1. The Morgan fingerprint density at radius 2 is 2.29 bits per heavy atom. The third-order valence-corrected chi connectivity index (χ3v) is 3.50. The molecular weight excluding hydrogens is 286 g/mol. The van der Waals surface area contributed by atoms with Crippen LogP contribution < -0.4 is 16.4 Å². The highest BCUT2D eigenvalue weighted by Gasteiger charge is 2.06. The van der Waals surface area contributed by atoms with E-state index in [1.54, 1.807) is 7.05 Å². The van der Waals surface area contributed by atoms with Crippen LogP contribution in [0.4, 0.5) is 5.13 Å². The van der Waals surface area contributed by atoms with Crippen molar-refractivity contribution in [2.24, 2.45) is 10.7 Å². The van der Waals surface area contributed by atoms with Crippen molar-refractivity contribution in [3.8, 4) is 11.3 Å². The lowest BCUT2D eigenvalue weighted by molar-refractivity contribution is -0.119.